The fourth-order valence-electron chi connectivity index (χ4n) is 3.61. The van der Waals surface area contributed by atoms with Gasteiger partial charge in [0.15, 0.2) is 17.3 Å². The molecule has 11 heteroatoms. The van der Waals surface area contributed by atoms with E-state index in [1.54, 1.807) is 0 Å². The maximum Gasteiger partial charge on any atom is 0.239 e. The molecular formula is C22H22O11. The standard InChI is InChI=1S/C22H22O11/c1-8-16(26)18(28)19(29)22(31-8)32-10-6-13(25)15-14(7-10)33-20(21(30-2)17(15)27)9-3-4-11(23)12(24)5-9/h3-8,16,18-19,22-26,28-29H,1-2H3/t8-,16-,18-,19-,22+/m1/s1. The van der Waals surface area contributed by atoms with E-state index in [9.17, 15) is 35.4 Å². The van der Waals surface area contributed by atoms with Crippen LogP contribution < -0.4 is 14.9 Å². The number of aliphatic hydroxyl groups is 3. The van der Waals surface area contributed by atoms with Crippen LogP contribution >= 0.6 is 0 Å². The molecule has 1 fully saturated rings. The summed E-state index contributed by atoms with van der Waals surface area (Å²) in [5.41, 5.74) is -0.604. The van der Waals surface area contributed by atoms with Crippen molar-refractivity contribution in [2.45, 2.75) is 37.6 Å². The smallest absolute Gasteiger partial charge is 0.239 e. The maximum atomic E-state index is 13.0. The molecule has 33 heavy (non-hydrogen) atoms. The molecule has 11 nitrogen and oxygen atoms in total. The molecule has 1 saturated heterocycles. The number of hydrogen-bond acceptors (Lipinski definition) is 11. The Morgan fingerprint density at radius 2 is 1.64 bits per heavy atom. The van der Waals surface area contributed by atoms with E-state index in [1.165, 1.54) is 38.3 Å². The second-order valence-corrected chi connectivity index (χ2v) is 7.61. The second-order valence-electron chi connectivity index (χ2n) is 7.61. The van der Waals surface area contributed by atoms with Gasteiger partial charge in [0.2, 0.25) is 17.5 Å². The molecule has 0 saturated carbocycles. The third-order valence-electron chi connectivity index (χ3n) is 5.41. The van der Waals surface area contributed by atoms with Crippen molar-refractivity contribution in [3.05, 3.63) is 40.6 Å². The van der Waals surface area contributed by atoms with Gasteiger partial charge in [-0.15, -0.1) is 0 Å². The van der Waals surface area contributed by atoms with Gasteiger partial charge >= 0.3 is 0 Å². The monoisotopic (exact) mass is 462 g/mol. The largest absolute Gasteiger partial charge is 0.507 e. The average molecular weight is 462 g/mol. The summed E-state index contributed by atoms with van der Waals surface area (Å²) in [7, 11) is 1.24. The van der Waals surface area contributed by atoms with E-state index in [1.807, 2.05) is 0 Å². The number of ether oxygens (including phenoxy) is 3. The molecule has 5 atom stereocenters. The first-order chi connectivity index (χ1) is 15.6. The molecule has 0 spiro atoms. The van der Waals surface area contributed by atoms with Crippen LogP contribution in [0.15, 0.2) is 39.5 Å². The summed E-state index contributed by atoms with van der Waals surface area (Å²) >= 11 is 0. The zero-order valence-electron chi connectivity index (χ0n) is 17.5. The van der Waals surface area contributed by atoms with Crippen molar-refractivity contribution in [1.82, 2.24) is 0 Å². The zero-order chi connectivity index (χ0) is 24.0. The minimum Gasteiger partial charge on any atom is -0.507 e. The highest BCUT2D eigenvalue weighted by molar-refractivity contribution is 5.88. The van der Waals surface area contributed by atoms with Gasteiger partial charge in [0.05, 0.1) is 13.2 Å². The van der Waals surface area contributed by atoms with Gasteiger partial charge in [-0.2, -0.15) is 0 Å². The molecule has 0 radical (unpaired) electrons. The molecule has 1 aliphatic heterocycles. The topological polar surface area (TPSA) is 179 Å². The van der Waals surface area contributed by atoms with Crippen molar-refractivity contribution in [3.8, 4) is 40.1 Å². The van der Waals surface area contributed by atoms with Gasteiger partial charge < -0.3 is 49.3 Å². The van der Waals surface area contributed by atoms with Gasteiger partial charge in [0.1, 0.15) is 40.8 Å². The van der Waals surface area contributed by atoms with E-state index in [-0.39, 0.29) is 39.5 Å². The van der Waals surface area contributed by atoms with Crippen LogP contribution in [-0.4, -0.2) is 68.5 Å². The van der Waals surface area contributed by atoms with E-state index >= 15 is 0 Å². The van der Waals surface area contributed by atoms with E-state index in [2.05, 4.69) is 0 Å². The van der Waals surface area contributed by atoms with E-state index < -0.39 is 47.6 Å². The lowest BCUT2D eigenvalue weighted by molar-refractivity contribution is -0.268. The molecule has 4 rings (SSSR count). The normalized spacial score (nSPS) is 25.2. The van der Waals surface area contributed by atoms with Crippen molar-refractivity contribution < 1.29 is 49.3 Å². The van der Waals surface area contributed by atoms with Gasteiger partial charge in [0, 0.05) is 17.7 Å². The molecule has 0 unspecified atom stereocenters. The molecule has 176 valence electrons. The van der Waals surface area contributed by atoms with E-state index in [4.69, 9.17) is 18.6 Å². The first-order valence-corrected chi connectivity index (χ1v) is 9.88. The van der Waals surface area contributed by atoms with Crippen molar-refractivity contribution in [2.24, 2.45) is 0 Å². The summed E-state index contributed by atoms with van der Waals surface area (Å²) in [6.45, 7) is 1.48. The number of phenolic OH excluding ortho intramolecular Hbond substituents is 3. The summed E-state index contributed by atoms with van der Waals surface area (Å²) in [6.07, 6.45) is -6.66. The van der Waals surface area contributed by atoms with Gasteiger partial charge in [-0.1, -0.05) is 0 Å². The quantitative estimate of drug-likeness (QED) is 0.302. The summed E-state index contributed by atoms with van der Waals surface area (Å²) in [5, 5.41) is 59.6. The van der Waals surface area contributed by atoms with Crippen LogP contribution in [0, 0.1) is 0 Å². The van der Waals surface area contributed by atoms with Gasteiger partial charge in [-0.05, 0) is 25.1 Å². The zero-order valence-corrected chi connectivity index (χ0v) is 17.5. The number of fused-ring (bicyclic) bond motifs is 1. The molecule has 0 amide bonds. The molecule has 0 aliphatic carbocycles. The highest BCUT2D eigenvalue weighted by Gasteiger charge is 2.43. The van der Waals surface area contributed by atoms with E-state index in [0.717, 1.165) is 6.07 Å². The first kappa shape index (κ1) is 22.7. The summed E-state index contributed by atoms with van der Waals surface area (Å²) < 4.78 is 21.9. The SMILES string of the molecule is COc1c(-c2ccc(O)c(O)c2)oc2cc(O[C@@H]3O[C@H](C)[C@@H](O)[C@@H](O)[C@H]3O)cc(O)c2c1=O. The average Bonchev–Trinajstić information content (AvgIpc) is 2.77. The Balaban J connectivity index is 1.80. The number of methoxy groups -OCH3 is 1. The summed E-state index contributed by atoms with van der Waals surface area (Å²) in [4.78, 5) is 13.0. The molecule has 6 N–H and O–H groups in total. The van der Waals surface area contributed by atoms with Crippen LogP contribution in [0.25, 0.3) is 22.3 Å². The molecule has 3 aromatic rings. The number of aliphatic hydroxyl groups excluding tert-OH is 3. The Kier molecular flexibility index (Phi) is 5.80. The number of rotatable bonds is 4. The van der Waals surface area contributed by atoms with Crippen molar-refractivity contribution >= 4 is 11.0 Å². The highest BCUT2D eigenvalue weighted by Crippen LogP contribution is 2.38. The molecule has 2 aromatic carbocycles. The Labute approximate surface area is 186 Å². The second kappa shape index (κ2) is 8.45. The number of hydrogen-bond donors (Lipinski definition) is 6. The number of phenols is 3. The minimum atomic E-state index is -1.59. The lowest BCUT2D eigenvalue weighted by Crippen LogP contribution is -2.58. The van der Waals surface area contributed by atoms with Gasteiger partial charge in [-0.3, -0.25) is 4.79 Å². The third kappa shape index (κ3) is 3.91. The van der Waals surface area contributed by atoms with Crippen LogP contribution in [-0.2, 0) is 4.74 Å². The Hall–Kier alpha value is -3.51. The molecule has 1 aromatic heterocycles. The van der Waals surface area contributed by atoms with Crippen LogP contribution in [0.3, 0.4) is 0 Å². The number of aromatic hydroxyl groups is 3. The predicted octanol–water partition coefficient (Wildman–Crippen LogP) is 0.792. The summed E-state index contributed by atoms with van der Waals surface area (Å²) in [5.74, 6) is -1.71. The van der Waals surface area contributed by atoms with Crippen LogP contribution in [0.1, 0.15) is 6.92 Å². The fourth-order valence-corrected chi connectivity index (χ4v) is 3.61. The molecule has 0 bridgehead atoms. The number of benzene rings is 2. The third-order valence-corrected chi connectivity index (χ3v) is 5.41. The Morgan fingerprint density at radius 1 is 0.909 bits per heavy atom. The predicted molar refractivity (Wildman–Crippen MR) is 112 cm³/mol. The van der Waals surface area contributed by atoms with Gasteiger partial charge in [0.25, 0.3) is 0 Å². The van der Waals surface area contributed by atoms with Crippen LogP contribution in [0.2, 0.25) is 0 Å². The first-order valence-electron chi connectivity index (χ1n) is 9.88. The Bertz CT molecular complexity index is 1250. The van der Waals surface area contributed by atoms with Crippen LogP contribution in [0.5, 0.6) is 28.7 Å². The van der Waals surface area contributed by atoms with E-state index in [0.29, 0.717) is 0 Å². The molecular weight excluding hydrogens is 440 g/mol. The molecule has 1 aliphatic rings. The fraction of sp³-hybridized carbons (Fsp3) is 0.318. The van der Waals surface area contributed by atoms with Crippen molar-refractivity contribution in [1.29, 1.82) is 0 Å². The van der Waals surface area contributed by atoms with Crippen molar-refractivity contribution in [3.63, 3.8) is 0 Å². The van der Waals surface area contributed by atoms with Gasteiger partial charge in [-0.25, -0.2) is 0 Å². The molecule has 2 heterocycles. The maximum absolute atomic E-state index is 13.0. The minimum absolute atomic E-state index is 0.0624. The lowest BCUT2D eigenvalue weighted by Gasteiger charge is -2.38. The highest BCUT2D eigenvalue weighted by atomic mass is 16.7. The van der Waals surface area contributed by atoms with Crippen molar-refractivity contribution in [2.75, 3.05) is 7.11 Å². The van der Waals surface area contributed by atoms with Crippen LogP contribution in [0.4, 0.5) is 0 Å². The lowest BCUT2D eigenvalue weighted by atomic mass is 10.00. The summed E-state index contributed by atoms with van der Waals surface area (Å²) in [6, 6.07) is 6.12. The Morgan fingerprint density at radius 3 is 2.30 bits per heavy atom.